The van der Waals surface area contributed by atoms with Crippen LogP contribution in [-0.2, 0) is 4.74 Å². The van der Waals surface area contributed by atoms with E-state index >= 15 is 0 Å². The van der Waals surface area contributed by atoms with E-state index in [0.29, 0.717) is 40.5 Å². The maximum Gasteiger partial charge on any atom is 0.289 e. The van der Waals surface area contributed by atoms with Crippen LogP contribution in [0.1, 0.15) is 36.0 Å². The van der Waals surface area contributed by atoms with Crippen molar-refractivity contribution in [2.24, 2.45) is 0 Å². The summed E-state index contributed by atoms with van der Waals surface area (Å²) in [4.78, 5) is 29.1. The van der Waals surface area contributed by atoms with Crippen LogP contribution in [0.4, 0.5) is 17.1 Å². The van der Waals surface area contributed by atoms with Crippen LogP contribution in [0.2, 0.25) is 0 Å². The second-order valence-corrected chi connectivity index (χ2v) is 8.78. The number of rotatable bonds is 5. The fraction of sp³-hybridized carbons (Fsp3) is 0.167. The quantitative estimate of drug-likeness (QED) is 0.519. The Kier molecular flexibility index (Phi) is 6.11. The van der Waals surface area contributed by atoms with E-state index in [4.69, 9.17) is 10.1 Å². The van der Waals surface area contributed by atoms with Crippen molar-refractivity contribution in [1.29, 1.82) is 10.7 Å². The van der Waals surface area contributed by atoms with Crippen molar-refractivity contribution in [3.05, 3.63) is 75.0 Å². The minimum absolute atomic E-state index is 0.0943. The Bertz CT molecular complexity index is 1290. The van der Waals surface area contributed by atoms with Gasteiger partial charge in [0.25, 0.3) is 17.8 Å². The molecule has 0 spiro atoms. The van der Waals surface area contributed by atoms with Crippen molar-refractivity contribution < 1.29 is 14.3 Å². The van der Waals surface area contributed by atoms with Crippen LogP contribution < -0.4 is 15.5 Å². The third kappa shape index (κ3) is 4.71. The van der Waals surface area contributed by atoms with Gasteiger partial charge in [-0.2, -0.15) is 5.26 Å². The Hall–Kier alpha value is -4.16. The lowest BCUT2D eigenvalue weighted by Crippen LogP contribution is -2.23. The van der Waals surface area contributed by atoms with Gasteiger partial charge < -0.3 is 15.4 Å². The minimum Gasteiger partial charge on any atom is -0.463 e. The molecule has 2 heterocycles. The zero-order valence-electron chi connectivity index (χ0n) is 18.1. The second kappa shape index (κ2) is 9.14. The first-order valence-electron chi connectivity index (χ1n) is 10.2. The molecule has 9 heteroatoms. The van der Waals surface area contributed by atoms with Gasteiger partial charge in [0, 0.05) is 16.3 Å². The monoisotopic (exact) mass is 459 g/mol. The van der Waals surface area contributed by atoms with Gasteiger partial charge in [0.1, 0.15) is 6.61 Å². The Balaban J connectivity index is 1.57. The zero-order valence-corrected chi connectivity index (χ0v) is 18.9. The summed E-state index contributed by atoms with van der Waals surface area (Å²) >= 11 is 1.36. The number of amidine groups is 1. The summed E-state index contributed by atoms with van der Waals surface area (Å²) in [7, 11) is 0. The lowest BCUT2D eigenvalue weighted by molar-refractivity contribution is 0.102. The van der Waals surface area contributed by atoms with Crippen LogP contribution >= 0.6 is 11.3 Å². The number of aryl methyl sites for hydroxylation is 2. The highest BCUT2D eigenvalue weighted by Gasteiger charge is 2.21. The number of hydrogen-bond acceptors (Lipinski definition) is 6. The van der Waals surface area contributed by atoms with Crippen LogP contribution in [0.25, 0.3) is 0 Å². The molecule has 3 aromatic rings. The summed E-state index contributed by atoms with van der Waals surface area (Å²) in [6.45, 7) is 4.73. The minimum atomic E-state index is -0.450. The Morgan fingerprint density at radius 1 is 1.09 bits per heavy atom. The molecule has 33 heavy (non-hydrogen) atoms. The molecule has 0 atom stereocenters. The third-order valence-electron chi connectivity index (χ3n) is 5.18. The highest BCUT2D eigenvalue weighted by Crippen LogP contribution is 2.26. The number of anilines is 3. The number of benzene rings is 2. The standard InChI is InChI=1S/C24H21N5O3S/c1-14-11-20(28-23(31)21-8-3-15(2)33-21)19(12-16(14)13-25)22(30)27-17-4-6-18(7-5-17)29-9-10-32-24(29)26/h3-8,11-12,26H,9-10H2,1-2H3,(H,27,30)(H,28,31). The van der Waals surface area contributed by atoms with E-state index in [9.17, 15) is 14.9 Å². The zero-order chi connectivity index (χ0) is 23.5. The lowest BCUT2D eigenvalue weighted by Gasteiger charge is -2.16. The average Bonchev–Trinajstić information content (AvgIpc) is 3.42. The van der Waals surface area contributed by atoms with E-state index < -0.39 is 5.91 Å². The molecule has 0 unspecified atom stereocenters. The second-order valence-electron chi connectivity index (χ2n) is 7.50. The topological polar surface area (TPSA) is 118 Å². The fourth-order valence-electron chi connectivity index (χ4n) is 3.44. The summed E-state index contributed by atoms with van der Waals surface area (Å²) < 4.78 is 5.16. The molecule has 3 N–H and O–H groups in total. The van der Waals surface area contributed by atoms with Gasteiger partial charge in [-0.25, -0.2) is 0 Å². The van der Waals surface area contributed by atoms with Crippen LogP contribution in [0.5, 0.6) is 0 Å². The van der Waals surface area contributed by atoms with E-state index in [0.717, 1.165) is 10.6 Å². The van der Waals surface area contributed by atoms with Crippen molar-refractivity contribution in [3.63, 3.8) is 0 Å². The molecule has 2 aromatic carbocycles. The number of ether oxygens (including phenoxy) is 1. The largest absolute Gasteiger partial charge is 0.463 e. The van der Waals surface area contributed by atoms with Crippen molar-refractivity contribution in [2.45, 2.75) is 13.8 Å². The molecule has 1 fully saturated rings. The van der Waals surface area contributed by atoms with Gasteiger partial charge in [-0.15, -0.1) is 11.3 Å². The van der Waals surface area contributed by atoms with Crippen molar-refractivity contribution in [1.82, 2.24) is 0 Å². The molecule has 1 saturated heterocycles. The molecule has 1 aliphatic rings. The number of nitrogens with one attached hydrogen (secondary N) is 3. The van der Waals surface area contributed by atoms with Crippen molar-refractivity contribution in [2.75, 3.05) is 28.7 Å². The molecule has 0 bridgehead atoms. The normalized spacial score (nSPS) is 12.8. The summed E-state index contributed by atoms with van der Waals surface area (Å²) in [6.07, 6.45) is 0. The number of thiophene rings is 1. The van der Waals surface area contributed by atoms with Gasteiger partial charge in [-0.1, -0.05) is 0 Å². The number of carbonyl (C=O) groups excluding carboxylic acids is 2. The number of nitrogens with zero attached hydrogens (tertiary/aromatic N) is 2. The molecule has 0 aliphatic carbocycles. The van der Waals surface area contributed by atoms with Crippen LogP contribution in [0, 0.1) is 30.6 Å². The highest BCUT2D eigenvalue weighted by atomic mass is 32.1. The number of amides is 2. The Labute approximate surface area is 194 Å². The predicted octanol–water partition coefficient (Wildman–Crippen LogP) is 4.51. The molecule has 0 radical (unpaired) electrons. The van der Waals surface area contributed by atoms with Crippen molar-refractivity contribution in [3.8, 4) is 6.07 Å². The van der Waals surface area contributed by atoms with E-state index in [1.54, 1.807) is 48.2 Å². The van der Waals surface area contributed by atoms with Crippen LogP contribution in [0.3, 0.4) is 0 Å². The smallest absolute Gasteiger partial charge is 0.289 e. The number of carbonyl (C=O) groups is 2. The van der Waals surface area contributed by atoms with E-state index in [-0.39, 0.29) is 17.5 Å². The Morgan fingerprint density at radius 2 is 1.85 bits per heavy atom. The van der Waals surface area contributed by atoms with Crippen molar-refractivity contribution >= 4 is 46.2 Å². The number of nitriles is 1. The van der Waals surface area contributed by atoms with E-state index in [1.807, 2.05) is 13.0 Å². The van der Waals surface area contributed by atoms with Gasteiger partial charge in [-0.05, 0) is 67.9 Å². The summed E-state index contributed by atoms with van der Waals surface area (Å²) in [5.41, 5.74) is 2.87. The predicted molar refractivity (Wildman–Crippen MR) is 128 cm³/mol. The molecular weight excluding hydrogens is 438 g/mol. The molecule has 166 valence electrons. The maximum atomic E-state index is 13.1. The van der Waals surface area contributed by atoms with Gasteiger partial charge >= 0.3 is 0 Å². The molecule has 1 aromatic heterocycles. The first-order valence-corrected chi connectivity index (χ1v) is 11.0. The molecule has 2 amide bonds. The third-order valence-corrected chi connectivity index (χ3v) is 6.18. The Morgan fingerprint density at radius 3 is 2.45 bits per heavy atom. The fourth-order valence-corrected chi connectivity index (χ4v) is 4.21. The first kappa shape index (κ1) is 22.0. The van der Waals surface area contributed by atoms with Gasteiger partial charge in [0.2, 0.25) is 0 Å². The van der Waals surface area contributed by atoms with E-state index in [1.165, 1.54) is 17.4 Å². The number of hydrogen-bond donors (Lipinski definition) is 3. The SMILES string of the molecule is Cc1ccc(C(=O)Nc2cc(C)c(C#N)cc2C(=O)Nc2ccc(N3CCOC3=N)cc2)s1. The molecule has 0 saturated carbocycles. The van der Waals surface area contributed by atoms with Crippen LogP contribution in [-0.4, -0.2) is 31.0 Å². The summed E-state index contributed by atoms with van der Waals surface area (Å²) in [5, 5.41) is 22.8. The van der Waals surface area contributed by atoms with E-state index in [2.05, 4.69) is 16.7 Å². The van der Waals surface area contributed by atoms with Gasteiger partial charge in [0.15, 0.2) is 0 Å². The van der Waals surface area contributed by atoms with Gasteiger partial charge in [-0.3, -0.25) is 19.9 Å². The van der Waals surface area contributed by atoms with Gasteiger partial charge in [0.05, 0.1) is 34.3 Å². The maximum absolute atomic E-state index is 13.1. The van der Waals surface area contributed by atoms with Crippen LogP contribution in [0.15, 0.2) is 48.5 Å². The molecule has 8 nitrogen and oxygen atoms in total. The molecule has 1 aliphatic heterocycles. The molecular formula is C24H21N5O3S. The first-order chi connectivity index (χ1) is 15.9. The highest BCUT2D eigenvalue weighted by molar-refractivity contribution is 7.14. The average molecular weight is 460 g/mol. The summed E-state index contributed by atoms with van der Waals surface area (Å²) in [5.74, 6) is -0.764. The molecule has 4 rings (SSSR count). The lowest BCUT2D eigenvalue weighted by atomic mass is 10.0. The summed E-state index contributed by atoms with van der Waals surface area (Å²) in [6, 6.07) is 15.9.